The minimum atomic E-state index is -0.362. The molecule has 0 radical (unpaired) electrons. The lowest BCUT2D eigenvalue weighted by Gasteiger charge is -2.04. The number of aromatic nitrogens is 3. The summed E-state index contributed by atoms with van der Waals surface area (Å²) in [7, 11) is 1.35. The summed E-state index contributed by atoms with van der Waals surface area (Å²) in [6.45, 7) is 2.25. The highest BCUT2D eigenvalue weighted by Gasteiger charge is 2.10. The molecule has 2 rings (SSSR count). The average Bonchev–Trinajstić information content (AvgIpc) is 2.79. The number of hydrogen-bond donors (Lipinski definition) is 1. The minimum Gasteiger partial charge on any atom is -0.465 e. The van der Waals surface area contributed by atoms with Gasteiger partial charge >= 0.3 is 5.97 Å². The van der Waals surface area contributed by atoms with Crippen molar-refractivity contribution in [2.75, 3.05) is 7.11 Å². The maximum Gasteiger partial charge on any atom is 0.337 e. The Balaban J connectivity index is 2.34. The maximum atomic E-state index is 11.3. The lowest BCUT2D eigenvalue weighted by atomic mass is 10.2. The number of esters is 1. The number of nitrogens with zero attached hydrogens (tertiary/aromatic N) is 3. The van der Waals surface area contributed by atoms with E-state index in [1.54, 1.807) is 28.9 Å². The molecule has 2 N–H and O–H groups in total. The van der Waals surface area contributed by atoms with Gasteiger partial charge in [-0.1, -0.05) is 5.21 Å². The van der Waals surface area contributed by atoms with Crippen LogP contribution in [-0.4, -0.2) is 28.1 Å². The van der Waals surface area contributed by atoms with Crippen molar-refractivity contribution in [3.8, 4) is 5.69 Å². The van der Waals surface area contributed by atoms with E-state index in [0.29, 0.717) is 12.1 Å². The van der Waals surface area contributed by atoms with Crippen LogP contribution in [0.1, 0.15) is 21.7 Å². The highest BCUT2D eigenvalue weighted by atomic mass is 16.5. The molecule has 2 aromatic rings. The lowest BCUT2D eigenvalue weighted by Crippen LogP contribution is -2.04. The predicted molar refractivity (Wildman–Crippen MR) is 65.3 cm³/mol. The Morgan fingerprint density at radius 1 is 1.39 bits per heavy atom. The van der Waals surface area contributed by atoms with E-state index in [-0.39, 0.29) is 5.97 Å². The van der Waals surface area contributed by atoms with Gasteiger partial charge in [-0.25, -0.2) is 9.48 Å². The van der Waals surface area contributed by atoms with Gasteiger partial charge in [0, 0.05) is 6.54 Å². The number of carbonyl (C=O) groups excluding carboxylic acids is 1. The first-order valence-electron chi connectivity index (χ1n) is 5.47. The van der Waals surface area contributed by atoms with Gasteiger partial charge in [0.1, 0.15) is 0 Å². The van der Waals surface area contributed by atoms with Gasteiger partial charge in [0.2, 0.25) is 0 Å². The van der Waals surface area contributed by atoms with Crippen molar-refractivity contribution in [1.82, 2.24) is 15.0 Å². The number of ether oxygens (including phenoxy) is 1. The summed E-state index contributed by atoms with van der Waals surface area (Å²) >= 11 is 0. The smallest absolute Gasteiger partial charge is 0.337 e. The molecule has 0 aliphatic carbocycles. The van der Waals surface area contributed by atoms with E-state index in [1.165, 1.54) is 7.11 Å². The molecule has 1 aromatic heterocycles. The van der Waals surface area contributed by atoms with E-state index >= 15 is 0 Å². The Kier molecular flexibility index (Phi) is 3.38. The van der Waals surface area contributed by atoms with Crippen molar-refractivity contribution in [2.24, 2.45) is 5.73 Å². The van der Waals surface area contributed by atoms with E-state index < -0.39 is 0 Å². The summed E-state index contributed by atoms with van der Waals surface area (Å²) in [6, 6.07) is 6.94. The molecule has 6 nitrogen and oxygen atoms in total. The molecule has 0 spiro atoms. The molecule has 0 aliphatic rings. The van der Waals surface area contributed by atoms with Gasteiger partial charge in [-0.15, -0.1) is 5.10 Å². The quantitative estimate of drug-likeness (QED) is 0.811. The summed E-state index contributed by atoms with van der Waals surface area (Å²) in [5.41, 5.74) is 8.52. The van der Waals surface area contributed by atoms with Crippen LogP contribution in [0.15, 0.2) is 24.3 Å². The van der Waals surface area contributed by atoms with Gasteiger partial charge < -0.3 is 10.5 Å². The molecule has 0 saturated carbocycles. The molecule has 0 fully saturated rings. The van der Waals surface area contributed by atoms with Crippen LogP contribution in [0.5, 0.6) is 0 Å². The Labute approximate surface area is 104 Å². The fraction of sp³-hybridized carbons (Fsp3) is 0.250. The van der Waals surface area contributed by atoms with E-state index in [1.807, 2.05) is 6.92 Å². The molecular weight excluding hydrogens is 232 g/mol. The van der Waals surface area contributed by atoms with Gasteiger partial charge in [-0.3, -0.25) is 0 Å². The number of methoxy groups -OCH3 is 1. The van der Waals surface area contributed by atoms with Crippen LogP contribution < -0.4 is 5.73 Å². The standard InChI is InChI=1S/C12H14N4O2/c1-8-11(7-13)14-15-16(8)10-5-3-9(4-6-10)12(17)18-2/h3-6H,7,13H2,1-2H3. The first-order valence-corrected chi connectivity index (χ1v) is 5.47. The van der Waals surface area contributed by atoms with E-state index in [4.69, 9.17) is 5.73 Å². The third-order valence-electron chi connectivity index (χ3n) is 2.72. The Bertz CT molecular complexity index is 560. The molecule has 94 valence electrons. The Morgan fingerprint density at radius 2 is 2.06 bits per heavy atom. The fourth-order valence-corrected chi connectivity index (χ4v) is 1.65. The van der Waals surface area contributed by atoms with E-state index in [2.05, 4.69) is 15.0 Å². The summed E-state index contributed by atoms with van der Waals surface area (Å²) in [4.78, 5) is 11.3. The molecule has 0 aliphatic heterocycles. The Morgan fingerprint density at radius 3 is 2.56 bits per heavy atom. The molecule has 0 unspecified atom stereocenters. The number of rotatable bonds is 3. The highest BCUT2D eigenvalue weighted by molar-refractivity contribution is 5.89. The van der Waals surface area contributed by atoms with Crippen LogP contribution in [0.4, 0.5) is 0 Å². The van der Waals surface area contributed by atoms with E-state index in [0.717, 1.165) is 17.1 Å². The molecule has 0 bridgehead atoms. The van der Waals surface area contributed by atoms with Crippen molar-refractivity contribution in [3.63, 3.8) is 0 Å². The normalized spacial score (nSPS) is 10.4. The fourth-order valence-electron chi connectivity index (χ4n) is 1.65. The predicted octanol–water partition coefficient (Wildman–Crippen LogP) is 0.821. The van der Waals surface area contributed by atoms with Crippen LogP contribution >= 0.6 is 0 Å². The number of carbonyl (C=O) groups is 1. The number of benzene rings is 1. The molecule has 0 saturated heterocycles. The minimum absolute atomic E-state index is 0.353. The highest BCUT2D eigenvalue weighted by Crippen LogP contribution is 2.13. The van der Waals surface area contributed by atoms with Gasteiger partial charge in [0.15, 0.2) is 0 Å². The molecule has 6 heteroatoms. The average molecular weight is 246 g/mol. The second-order valence-corrected chi connectivity index (χ2v) is 3.78. The van der Waals surface area contributed by atoms with Crippen molar-refractivity contribution < 1.29 is 9.53 Å². The van der Waals surface area contributed by atoms with Crippen LogP contribution in [-0.2, 0) is 11.3 Å². The summed E-state index contributed by atoms with van der Waals surface area (Å²) < 4.78 is 6.32. The Hall–Kier alpha value is -2.21. The van der Waals surface area contributed by atoms with E-state index in [9.17, 15) is 4.79 Å². The van der Waals surface area contributed by atoms with Gasteiger partial charge in [0.05, 0.1) is 29.7 Å². The monoisotopic (exact) mass is 246 g/mol. The first kappa shape index (κ1) is 12.3. The van der Waals surface area contributed by atoms with Gasteiger partial charge in [-0.2, -0.15) is 0 Å². The number of hydrogen-bond acceptors (Lipinski definition) is 5. The molecule has 0 amide bonds. The molecular formula is C12H14N4O2. The van der Waals surface area contributed by atoms with Crippen molar-refractivity contribution in [2.45, 2.75) is 13.5 Å². The third-order valence-corrected chi connectivity index (χ3v) is 2.72. The van der Waals surface area contributed by atoms with Crippen molar-refractivity contribution in [1.29, 1.82) is 0 Å². The first-order chi connectivity index (χ1) is 8.67. The third kappa shape index (κ3) is 2.10. The zero-order valence-corrected chi connectivity index (χ0v) is 10.3. The molecule has 1 aromatic carbocycles. The summed E-state index contributed by atoms with van der Waals surface area (Å²) in [6.07, 6.45) is 0. The van der Waals surface area contributed by atoms with Crippen LogP contribution in [0.3, 0.4) is 0 Å². The van der Waals surface area contributed by atoms with Gasteiger partial charge in [0.25, 0.3) is 0 Å². The summed E-state index contributed by atoms with van der Waals surface area (Å²) in [5, 5.41) is 8.00. The zero-order valence-electron chi connectivity index (χ0n) is 10.3. The van der Waals surface area contributed by atoms with Crippen LogP contribution in [0, 0.1) is 6.92 Å². The topological polar surface area (TPSA) is 83.0 Å². The van der Waals surface area contributed by atoms with Crippen molar-refractivity contribution in [3.05, 3.63) is 41.2 Å². The SMILES string of the molecule is COC(=O)c1ccc(-n2nnc(CN)c2C)cc1. The van der Waals surface area contributed by atoms with Gasteiger partial charge in [-0.05, 0) is 31.2 Å². The largest absolute Gasteiger partial charge is 0.465 e. The lowest BCUT2D eigenvalue weighted by molar-refractivity contribution is 0.0601. The second kappa shape index (κ2) is 4.97. The molecule has 1 heterocycles. The molecule has 18 heavy (non-hydrogen) atoms. The maximum absolute atomic E-state index is 11.3. The molecule has 0 atom stereocenters. The van der Waals surface area contributed by atoms with Crippen molar-refractivity contribution >= 4 is 5.97 Å². The van der Waals surface area contributed by atoms with Crippen LogP contribution in [0.2, 0.25) is 0 Å². The second-order valence-electron chi connectivity index (χ2n) is 3.78. The number of nitrogens with two attached hydrogens (primary N) is 1. The summed E-state index contributed by atoms with van der Waals surface area (Å²) in [5.74, 6) is -0.362. The zero-order chi connectivity index (χ0) is 13.1. The van der Waals surface area contributed by atoms with Crippen LogP contribution in [0.25, 0.3) is 5.69 Å².